The summed E-state index contributed by atoms with van der Waals surface area (Å²) >= 11 is 0. The van der Waals surface area contributed by atoms with Crippen LogP contribution in [0.15, 0.2) is 42.5 Å². The number of carbonyl (C=O) groups is 2. The van der Waals surface area contributed by atoms with Gasteiger partial charge in [0.05, 0.1) is 6.61 Å². The van der Waals surface area contributed by atoms with Crippen molar-refractivity contribution in [3.63, 3.8) is 0 Å². The molecule has 2 unspecified atom stereocenters. The molecule has 3 aliphatic carbocycles. The van der Waals surface area contributed by atoms with E-state index in [1.165, 1.54) is 31.8 Å². The van der Waals surface area contributed by atoms with E-state index < -0.39 is 0 Å². The van der Waals surface area contributed by atoms with E-state index in [9.17, 15) is 9.59 Å². The van der Waals surface area contributed by atoms with Gasteiger partial charge in [-0.3, -0.25) is 9.59 Å². The predicted molar refractivity (Wildman–Crippen MR) is 136 cm³/mol. The molecule has 1 amide bonds. The van der Waals surface area contributed by atoms with E-state index in [0.29, 0.717) is 42.7 Å². The first-order valence-electron chi connectivity index (χ1n) is 13.3. The lowest BCUT2D eigenvalue weighted by Crippen LogP contribution is -2.53. The van der Waals surface area contributed by atoms with E-state index in [2.05, 4.69) is 32.7 Å². The SMILES string of the molecule is C=C1CCC2[C@H](CNC(=O)c3ccccc3)C([C@@]3(C)CC[C@H](C)C[C@@H]3COC(C)=O)CC[C@]12C. The van der Waals surface area contributed by atoms with Gasteiger partial charge in [0, 0.05) is 19.0 Å². The summed E-state index contributed by atoms with van der Waals surface area (Å²) in [6.07, 6.45) is 8.09. The normalized spacial score (nSPS) is 37.6. The van der Waals surface area contributed by atoms with Crippen LogP contribution < -0.4 is 5.32 Å². The maximum atomic E-state index is 13.0. The summed E-state index contributed by atoms with van der Waals surface area (Å²) in [5.41, 5.74) is 2.39. The molecule has 0 spiro atoms. The zero-order chi connectivity index (χ0) is 24.5. The van der Waals surface area contributed by atoms with Crippen molar-refractivity contribution >= 4 is 11.9 Å². The zero-order valence-electron chi connectivity index (χ0n) is 21.6. The van der Waals surface area contributed by atoms with Crippen LogP contribution in [0.1, 0.15) is 83.0 Å². The number of fused-ring (bicyclic) bond motifs is 1. The Morgan fingerprint density at radius 1 is 1.09 bits per heavy atom. The number of carbonyl (C=O) groups excluding carboxylic acids is 2. The molecule has 186 valence electrons. The van der Waals surface area contributed by atoms with Crippen LogP contribution in [-0.2, 0) is 9.53 Å². The zero-order valence-corrected chi connectivity index (χ0v) is 21.6. The molecule has 4 rings (SSSR count). The average molecular weight is 466 g/mol. The van der Waals surface area contributed by atoms with Crippen LogP contribution in [0.4, 0.5) is 0 Å². The third kappa shape index (κ3) is 4.70. The minimum atomic E-state index is -0.185. The Morgan fingerprint density at radius 3 is 2.53 bits per heavy atom. The van der Waals surface area contributed by atoms with Gasteiger partial charge in [0.15, 0.2) is 0 Å². The number of hydrogen-bond acceptors (Lipinski definition) is 3. The van der Waals surface area contributed by atoms with Gasteiger partial charge in [0.2, 0.25) is 0 Å². The monoisotopic (exact) mass is 465 g/mol. The van der Waals surface area contributed by atoms with Gasteiger partial charge in [-0.15, -0.1) is 0 Å². The van der Waals surface area contributed by atoms with Crippen LogP contribution in [0.3, 0.4) is 0 Å². The summed E-state index contributed by atoms with van der Waals surface area (Å²) in [5, 5.41) is 3.32. The smallest absolute Gasteiger partial charge is 0.302 e. The maximum absolute atomic E-state index is 13.0. The molecule has 0 bridgehead atoms. The Balaban J connectivity index is 1.61. The Labute approximate surface area is 205 Å². The third-order valence-electron chi connectivity index (χ3n) is 10.1. The molecule has 0 heterocycles. The second kappa shape index (κ2) is 9.87. The Hall–Kier alpha value is -2.10. The molecule has 0 radical (unpaired) electrons. The highest BCUT2D eigenvalue weighted by Crippen LogP contribution is 2.63. The second-order valence-electron chi connectivity index (χ2n) is 11.9. The topological polar surface area (TPSA) is 55.4 Å². The molecular formula is C30H43NO3. The summed E-state index contributed by atoms with van der Waals surface area (Å²) in [5.74, 6) is 2.30. The predicted octanol–water partition coefficient (Wildman–Crippen LogP) is 6.42. The van der Waals surface area contributed by atoms with Gasteiger partial charge in [-0.1, -0.05) is 57.5 Å². The lowest BCUT2D eigenvalue weighted by atomic mass is 9.49. The minimum absolute atomic E-state index is 0.0160. The molecule has 0 aromatic heterocycles. The van der Waals surface area contributed by atoms with E-state index in [4.69, 9.17) is 4.74 Å². The average Bonchev–Trinajstić information content (AvgIpc) is 3.12. The van der Waals surface area contributed by atoms with E-state index in [-0.39, 0.29) is 22.7 Å². The number of esters is 1. The van der Waals surface area contributed by atoms with Crippen molar-refractivity contribution in [3.8, 4) is 0 Å². The van der Waals surface area contributed by atoms with Crippen LogP contribution in [0.2, 0.25) is 0 Å². The van der Waals surface area contributed by atoms with E-state index in [0.717, 1.165) is 31.2 Å². The fourth-order valence-electron chi connectivity index (χ4n) is 7.80. The van der Waals surface area contributed by atoms with Gasteiger partial charge in [0.25, 0.3) is 5.91 Å². The number of ether oxygens (including phenoxy) is 1. The van der Waals surface area contributed by atoms with Crippen molar-refractivity contribution < 1.29 is 14.3 Å². The molecule has 3 fully saturated rings. The lowest BCUT2D eigenvalue weighted by molar-refractivity contribution is -0.148. The Kier molecular flexibility index (Phi) is 7.26. The van der Waals surface area contributed by atoms with Crippen molar-refractivity contribution in [2.45, 2.75) is 72.6 Å². The molecule has 34 heavy (non-hydrogen) atoms. The summed E-state index contributed by atoms with van der Waals surface area (Å²) in [4.78, 5) is 24.7. The fraction of sp³-hybridized carbons (Fsp3) is 0.667. The number of rotatable bonds is 6. The van der Waals surface area contributed by atoms with Gasteiger partial charge in [-0.25, -0.2) is 0 Å². The molecule has 1 aromatic rings. The second-order valence-corrected chi connectivity index (χ2v) is 11.9. The first kappa shape index (κ1) is 25.0. The fourth-order valence-corrected chi connectivity index (χ4v) is 7.80. The molecule has 1 N–H and O–H groups in total. The van der Waals surface area contributed by atoms with Gasteiger partial charge in [-0.05, 0) is 91.1 Å². The highest BCUT2D eigenvalue weighted by atomic mass is 16.5. The van der Waals surface area contributed by atoms with Crippen molar-refractivity contribution in [1.82, 2.24) is 5.32 Å². The van der Waals surface area contributed by atoms with Crippen LogP contribution in [0.5, 0.6) is 0 Å². The molecular weight excluding hydrogens is 422 g/mol. The van der Waals surface area contributed by atoms with E-state index in [1.54, 1.807) is 0 Å². The van der Waals surface area contributed by atoms with Crippen LogP contribution in [-0.4, -0.2) is 25.0 Å². The number of allylic oxidation sites excluding steroid dienone is 1. The molecule has 4 nitrogen and oxygen atoms in total. The Bertz CT molecular complexity index is 911. The quantitative estimate of drug-likeness (QED) is 0.389. The Morgan fingerprint density at radius 2 is 1.82 bits per heavy atom. The van der Waals surface area contributed by atoms with E-state index >= 15 is 0 Å². The number of benzene rings is 1. The maximum Gasteiger partial charge on any atom is 0.302 e. The molecule has 0 saturated heterocycles. The first-order valence-corrected chi connectivity index (χ1v) is 13.3. The summed E-state index contributed by atoms with van der Waals surface area (Å²) in [6.45, 7) is 14.4. The van der Waals surface area contributed by atoms with Crippen molar-refractivity contribution in [1.29, 1.82) is 0 Å². The molecule has 3 aliphatic rings. The van der Waals surface area contributed by atoms with Crippen LogP contribution in [0.25, 0.3) is 0 Å². The molecule has 4 heteroatoms. The minimum Gasteiger partial charge on any atom is -0.466 e. The lowest BCUT2D eigenvalue weighted by Gasteiger charge is -2.57. The standard InChI is InChI=1S/C30H43NO3/c1-20-13-15-30(5,24(17-20)19-34-22(3)32)27-14-16-29(4)21(2)11-12-26(29)25(27)18-31-28(33)23-9-7-6-8-10-23/h6-10,20,24-27H,2,11-19H2,1,3-5H3,(H,31,33)/t20-,24+,25-,26?,27?,29+,30-/m0/s1. The number of amides is 1. The molecule has 7 atom stereocenters. The summed E-state index contributed by atoms with van der Waals surface area (Å²) in [7, 11) is 0. The largest absolute Gasteiger partial charge is 0.466 e. The third-order valence-corrected chi connectivity index (χ3v) is 10.1. The molecule has 1 aromatic carbocycles. The van der Waals surface area contributed by atoms with Gasteiger partial charge in [0.1, 0.15) is 0 Å². The van der Waals surface area contributed by atoms with Crippen LogP contribution in [0, 0.1) is 40.4 Å². The van der Waals surface area contributed by atoms with Crippen molar-refractivity contribution in [2.24, 2.45) is 40.4 Å². The first-order chi connectivity index (χ1) is 16.1. The highest BCUT2D eigenvalue weighted by molar-refractivity contribution is 5.94. The number of hydrogen-bond donors (Lipinski definition) is 1. The van der Waals surface area contributed by atoms with Crippen LogP contribution >= 0.6 is 0 Å². The van der Waals surface area contributed by atoms with Gasteiger partial charge in [-0.2, -0.15) is 0 Å². The van der Waals surface area contributed by atoms with Crippen molar-refractivity contribution in [3.05, 3.63) is 48.0 Å². The van der Waals surface area contributed by atoms with Gasteiger partial charge >= 0.3 is 5.97 Å². The highest BCUT2D eigenvalue weighted by Gasteiger charge is 2.56. The van der Waals surface area contributed by atoms with Crippen molar-refractivity contribution in [2.75, 3.05) is 13.2 Å². The van der Waals surface area contributed by atoms with E-state index in [1.807, 2.05) is 30.3 Å². The summed E-state index contributed by atoms with van der Waals surface area (Å²) < 4.78 is 5.61. The number of nitrogens with one attached hydrogen (secondary N) is 1. The molecule has 3 saturated carbocycles. The molecule has 0 aliphatic heterocycles. The van der Waals surface area contributed by atoms with Gasteiger partial charge < -0.3 is 10.1 Å². The summed E-state index contributed by atoms with van der Waals surface area (Å²) in [6, 6.07) is 9.54.